The highest BCUT2D eigenvalue weighted by molar-refractivity contribution is 9.10. The maximum absolute atomic E-state index is 13.8. The van der Waals surface area contributed by atoms with Crippen LogP contribution in [-0.4, -0.2) is 20.2 Å². The van der Waals surface area contributed by atoms with E-state index in [1.54, 1.807) is 10.6 Å². The predicted octanol–water partition coefficient (Wildman–Crippen LogP) is 3.38. The number of carbonyl (C=O) groups is 1. The number of fused-ring (bicyclic) bond motifs is 1. The lowest BCUT2D eigenvalue weighted by molar-refractivity contribution is -0.385. The van der Waals surface area contributed by atoms with E-state index in [-0.39, 0.29) is 17.7 Å². The normalized spacial score (nSPS) is 10.8. The van der Waals surface area contributed by atoms with Crippen molar-refractivity contribution >= 4 is 33.2 Å². The van der Waals surface area contributed by atoms with Gasteiger partial charge in [0.25, 0.3) is 11.6 Å². The molecule has 1 aromatic carbocycles. The Balaban J connectivity index is 1.79. The molecule has 1 N–H and O–H groups in total. The Bertz CT molecular complexity index is 1000. The lowest BCUT2D eigenvalue weighted by Crippen LogP contribution is -2.23. The molecule has 0 saturated heterocycles. The number of carbonyl (C=O) groups excluding carboxylic acids is 1. The number of benzene rings is 1. The molecule has 0 aliphatic carbocycles. The monoisotopic (exact) mass is 406 g/mol. The van der Waals surface area contributed by atoms with Crippen molar-refractivity contribution in [3.05, 3.63) is 73.9 Å². The standard InChI is InChI=1S/C16H12BrFN4O3/c1-9-13(18)4-10(5-14(9)22(24)25)16(23)19-6-12-8-21-7-11(17)2-3-15(21)20-12/h2-5,7-8H,6H2,1H3,(H,19,23). The molecule has 0 saturated carbocycles. The molecule has 9 heteroatoms. The van der Waals surface area contributed by atoms with E-state index >= 15 is 0 Å². The molecule has 3 aromatic rings. The van der Waals surface area contributed by atoms with Crippen LogP contribution in [0.2, 0.25) is 0 Å². The number of nitrogens with zero attached hydrogens (tertiary/aromatic N) is 3. The van der Waals surface area contributed by atoms with Crippen molar-refractivity contribution < 1.29 is 14.1 Å². The fourth-order valence-corrected chi connectivity index (χ4v) is 2.71. The molecule has 2 aromatic heterocycles. The molecule has 0 aliphatic heterocycles. The fraction of sp³-hybridized carbons (Fsp3) is 0.125. The van der Waals surface area contributed by atoms with Gasteiger partial charge in [-0.1, -0.05) is 0 Å². The number of hydrogen-bond donors (Lipinski definition) is 1. The Hall–Kier alpha value is -2.81. The van der Waals surface area contributed by atoms with Crippen LogP contribution in [0.25, 0.3) is 5.65 Å². The number of aromatic nitrogens is 2. The molecular formula is C16H12BrFN4O3. The van der Waals surface area contributed by atoms with Crippen LogP contribution in [0.1, 0.15) is 21.6 Å². The summed E-state index contributed by atoms with van der Waals surface area (Å²) in [5, 5.41) is 13.5. The van der Waals surface area contributed by atoms with Gasteiger partial charge in [-0.05, 0) is 41.1 Å². The third-order valence-electron chi connectivity index (χ3n) is 3.67. The Morgan fingerprint density at radius 1 is 1.40 bits per heavy atom. The van der Waals surface area contributed by atoms with E-state index in [1.165, 1.54) is 6.92 Å². The fourth-order valence-electron chi connectivity index (χ4n) is 2.36. The first-order valence-electron chi connectivity index (χ1n) is 7.21. The smallest absolute Gasteiger partial charge is 0.276 e. The number of pyridine rings is 1. The highest BCUT2D eigenvalue weighted by atomic mass is 79.9. The summed E-state index contributed by atoms with van der Waals surface area (Å²) in [6.07, 6.45) is 3.57. The highest BCUT2D eigenvalue weighted by Crippen LogP contribution is 2.22. The molecule has 3 rings (SSSR count). The van der Waals surface area contributed by atoms with E-state index in [1.807, 2.05) is 18.3 Å². The van der Waals surface area contributed by atoms with Crippen LogP contribution in [0.3, 0.4) is 0 Å². The minimum Gasteiger partial charge on any atom is -0.346 e. The van der Waals surface area contributed by atoms with E-state index in [0.29, 0.717) is 11.3 Å². The highest BCUT2D eigenvalue weighted by Gasteiger charge is 2.19. The predicted molar refractivity (Wildman–Crippen MR) is 91.9 cm³/mol. The summed E-state index contributed by atoms with van der Waals surface area (Å²) < 4.78 is 16.5. The number of hydrogen-bond acceptors (Lipinski definition) is 4. The zero-order valence-electron chi connectivity index (χ0n) is 13.0. The van der Waals surface area contributed by atoms with Crippen LogP contribution in [0.15, 0.2) is 41.1 Å². The van der Waals surface area contributed by atoms with Crippen LogP contribution in [0.4, 0.5) is 10.1 Å². The van der Waals surface area contributed by atoms with Gasteiger partial charge < -0.3 is 9.72 Å². The first-order valence-corrected chi connectivity index (χ1v) is 8.00. The molecule has 2 heterocycles. The number of rotatable bonds is 4. The first kappa shape index (κ1) is 17.0. The largest absolute Gasteiger partial charge is 0.346 e. The third-order valence-corrected chi connectivity index (χ3v) is 4.14. The molecule has 0 aliphatic rings. The van der Waals surface area contributed by atoms with Crippen molar-refractivity contribution in [2.75, 3.05) is 0 Å². The van der Waals surface area contributed by atoms with Crippen molar-refractivity contribution in [1.29, 1.82) is 0 Å². The Morgan fingerprint density at radius 2 is 2.16 bits per heavy atom. The number of nitrogens with one attached hydrogen (secondary N) is 1. The minimum atomic E-state index is -0.795. The third kappa shape index (κ3) is 3.50. The van der Waals surface area contributed by atoms with Crippen molar-refractivity contribution in [3.8, 4) is 0 Å². The van der Waals surface area contributed by atoms with Crippen molar-refractivity contribution in [2.45, 2.75) is 13.5 Å². The molecule has 0 spiro atoms. The summed E-state index contributed by atoms with van der Waals surface area (Å²) in [5.41, 5.74) is 0.675. The zero-order valence-corrected chi connectivity index (χ0v) is 14.6. The maximum atomic E-state index is 13.8. The molecular weight excluding hydrogens is 395 g/mol. The lowest BCUT2D eigenvalue weighted by Gasteiger charge is -2.05. The van der Waals surface area contributed by atoms with Gasteiger partial charge in [-0.25, -0.2) is 9.37 Å². The molecule has 0 unspecified atom stereocenters. The summed E-state index contributed by atoms with van der Waals surface area (Å²) in [6.45, 7) is 1.41. The number of imidazole rings is 1. The average molecular weight is 407 g/mol. The van der Waals surface area contributed by atoms with E-state index in [2.05, 4.69) is 26.2 Å². The van der Waals surface area contributed by atoms with Crippen molar-refractivity contribution in [3.63, 3.8) is 0 Å². The number of nitro benzene ring substituents is 1. The molecule has 0 bridgehead atoms. The quantitative estimate of drug-likeness (QED) is 0.531. The molecule has 0 radical (unpaired) electrons. The second kappa shape index (κ2) is 6.60. The van der Waals surface area contributed by atoms with Crippen molar-refractivity contribution in [1.82, 2.24) is 14.7 Å². The summed E-state index contributed by atoms with van der Waals surface area (Å²) in [4.78, 5) is 26.8. The number of nitro groups is 1. The topological polar surface area (TPSA) is 89.5 Å². The van der Waals surface area contributed by atoms with Crippen LogP contribution < -0.4 is 5.32 Å². The van der Waals surface area contributed by atoms with E-state index < -0.39 is 22.3 Å². The molecule has 7 nitrogen and oxygen atoms in total. The summed E-state index contributed by atoms with van der Waals surface area (Å²) in [7, 11) is 0. The Labute approximate surface area is 149 Å². The van der Waals surface area contributed by atoms with Gasteiger partial charge in [-0.15, -0.1) is 0 Å². The molecule has 0 atom stereocenters. The average Bonchev–Trinajstić information content (AvgIpc) is 2.96. The summed E-state index contributed by atoms with van der Waals surface area (Å²) >= 11 is 3.36. The van der Waals surface area contributed by atoms with Gasteiger partial charge >= 0.3 is 0 Å². The number of halogens is 2. The van der Waals surface area contributed by atoms with Crippen LogP contribution in [0, 0.1) is 22.9 Å². The minimum absolute atomic E-state index is 0.104. The van der Waals surface area contributed by atoms with Gasteiger partial charge in [0.05, 0.1) is 22.7 Å². The molecule has 0 fully saturated rings. The van der Waals surface area contributed by atoms with Gasteiger partial charge in [0.1, 0.15) is 11.5 Å². The second-order valence-corrected chi connectivity index (χ2v) is 6.30. The Morgan fingerprint density at radius 3 is 2.88 bits per heavy atom. The number of amides is 1. The van der Waals surface area contributed by atoms with Gasteiger partial charge in [0, 0.05) is 28.5 Å². The van der Waals surface area contributed by atoms with Crippen molar-refractivity contribution in [2.24, 2.45) is 0 Å². The van der Waals surface area contributed by atoms with Gasteiger partial charge in [0.15, 0.2) is 0 Å². The van der Waals surface area contributed by atoms with Crippen LogP contribution in [-0.2, 0) is 6.54 Å². The maximum Gasteiger partial charge on any atom is 0.276 e. The van der Waals surface area contributed by atoms with E-state index in [9.17, 15) is 19.3 Å². The zero-order chi connectivity index (χ0) is 18.1. The molecule has 1 amide bonds. The Kier molecular flexibility index (Phi) is 4.49. The van der Waals surface area contributed by atoms with Crippen LogP contribution in [0.5, 0.6) is 0 Å². The van der Waals surface area contributed by atoms with Gasteiger partial charge in [0.2, 0.25) is 0 Å². The van der Waals surface area contributed by atoms with E-state index in [0.717, 1.165) is 16.6 Å². The summed E-state index contributed by atoms with van der Waals surface area (Å²) in [6, 6.07) is 5.71. The lowest BCUT2D eigenvalue weighted by atomic mass is 10.1. The second-order valence-electron chi connectivity index (χ2n) is 5.39. The first-order chi connectivity index (χ1) is 11.8. The van der Waals surface area contributed by atoms with Gasteiger partial charge in [-0.3, -0.25) is 14.9 Å². The molecule has 128 valence electrons. The van der Waals surface area contributed by atoms with Crippen LogP contribution >= 0.6 is 15.9 Å². The van der Waals surface area contributed by atoms with Gasteiger partial charge in [-0.2, -0.15) is 0 Å². The summed E-state index contributed by atoms with van der Waals surface area (Å²) in [5.74, 6) is -1.41. The SMILES string of the molecule is Cc1c(F)cc(C(=O)NCc2cn3cc(Br)ccc3n2)cc1[N+](=O)[O-]. The molecule has 25 heavy (non-hydrogen) atoms. The van der Waals surface area contributed by atoms with E-state index in [4.69, 9.17) is 0 Å².